The maximum absolute atomic E-state index is 12.7. The number of nitrogens with one attached hydrogen (secondary N) is 2. The van der Waals surface area contributed by atoms with Gasteiger partial charge in [-0.15, -0.1) is 0 Å². The number of nitrogens with zero attached hydrogens (tertiary/aromatic N) is 1. The van der Waals surface area contributed by atoms with Gasteiger partial charge in [0.15, 0.2) is 5.13 Å². The Hall–Kier alpha value is -3.24. The average Bonchev–Trinajstić information content (AvgIpc) is 3.07. The summed E-state index contributed by atoms with van der Waals surface area (Å²) in [6.45, 7) is 5.23. The van der Waals surface area contributed by atoms with Gasteiger partial charge in [0.2, 0.25) is 0 Å². The lowest BCUT2D eigenvalue weighted by Crippen LogP contribution is -2.14. The fraction of sp³-hybridized carbons (Fsp3) is 0.190. The molecule has 1 amide bonds. The van der Waals surface area contributed by atoms with E-state index in [1.54, 1.807) is 44.2 Å². The summed E-state index contributed by atoms with van der Waals surface area (Å²) in [6.07, 6.45) is 0. The number of rotatable bonds is 6. The Morgan fingerprint density at radius 1 is 1.03 bits per heavy atom. The molecule has 1 heterocycles. The Morgan fingerprint density at radius 3 is 2.32 bits per heavy atom. The highest BCUT2D eigenvalue weighted by atomic mass is 32.2. The van der Waals surface area contributed by atoms with Crippen molar-refractivity contribution in [2.45, 2.75) is 25.7 Å². The Kier molecular flexibility index (Phi) is 6.42. The van der Waals surface area contributed by atoms with E-state index >= 15 is 0 Å². The lowest BCUT2D eigenvalue weighted by Gasteiger charge is -2.08. The number of hydrogen-bond donors (Lipinski definition) is 2. The summed E-state index contributed by atoms with van der Waals surface area (Å²) in [4.78, 5) is 28.8. The smallest absolute Gasteiger partial charge is 0.337 e. The summed E-state index contributed by atoms with van der Waals surface area (Å²) in [5.74, 6) is -0.908. The van der Waals surface area contributed by atoms with Crippen LogP contribution in [-0.4, -0.2) is 32.4 Å². The number of ether oxygens (including phenoxy) is 1. The molecule has 0 atom stereocenters. The van der Waals surface area contributed by atoms with E-state index in [9.17, 15) is 18.0 Å². The molecule has 0 bridgehead atoms. The molecule has 0 spiro atoms. The van der Waals surface area contributed by atoms with Crippen LogP contribution >= 0.6 is 11.3 Å². The molecule has 0 aliphatic carbocycles. The third-order valence-electron chi connectivity index (χ3n) is 4.41. The number of carbonyl (C=O) groups is 2. The largest absolute Gasteiger partial charge is 0.465 e. The average molecular weight is 460 g/mol. The van der Waals surface area contributed by atoms with Crippen molar-refractivity contribution in [3.05, 3.63) is 69.7 Å². The van der Waals surface area contributed by atoms with E-state index in [-0.39, 0.29) is 14.9 Å². The number of carbonyl (C=O) groups excluding carboxylic acids is 2. The first-order valence-electron chi connectivity index (χ1n) is 9.18. The van der Waals surface area contributed by atoms with Crippen molar-refractivity contribution in [3.63, 3.8) is 0 Å². The number of sulfonamides is 1. The number of amides is 1. The molecule has 31 heavy (non-hydrogen) atoms. The molecule has 10 heteroatoms. The normalized spacial score (nSPS) is 11.1. The molecular weight excluding hydrogens is 438 g/mol. The summed E-state index contributed by atoms with van der Waals surface area (Å²) in [7, 11) is -2.55. The van der Waals surface area contributed by atoms with E-state index < -0.39 is 21.9 Å². The summed E-state index contributed by atoms with van der Waals surface area (Å²) in [6, 6.07) is 11.3. The quantitative estimate of drug-likeness (QED) is 0.540. The van der Waals surface area contributed by atoms with Crippen molar-refractivity contribution < 1.29 is 22.7 Å². The van der Waals surface area contributed by atoms with E-state index in [2.05, 4.69) is 19.8 Å². The monoisotopic (exact) mass is 459 g/mol. The van der Waals surface area contributed by atoms with E-state index in [1.165, 1.54) is 19.2 Å². The molecular formula is C21H21N3O5S2. The van der Waals surface area contributed by atoms with E-state index in [0.717, 1.165) is 16.9 Å². The Morgan fingerprint density at radius 2 is 1.71 bits per heavy atom. The van der Waals surface area contributed by atoms with Gasteiger partial charge in [-0.25, -0.2) is 18.2 Å². The van der Waals surface area contributed by atoms with Crippen LogP contribution in [-0.2, 0) is 14.8 Å². The molecule has 3 rings (SSSR count). The van der Waals surface area contributed by atoms with Gasteiger partial charge in [-0.3, -0.25) is 9.52 Å². The van der Waals surface area contributed by atoms with Crippen LogP contribution in [0.3, 0.4) is 0 Å². The highest BCUT2D eigenvalue weighted by Crippen LogP contribution is 2.27. The van der Waals surface area contributed by atoms with Crippen LogP contribution in [0.15, 0.2) is 47.4 Å². The van der Waals surface area contributed by atoms with E-state index in [0.29, 0.717) is 22.5 Å². The molecule has 8 nitrogen and oxygen atoms in total. The highest BCUT2D eigenvalue weighted by Gasteiger charge is 2.22. The van der Waals surface area contributed by atoms with E-state index in [1.807, 2.05) is 6.92 Å². The van der Waals surface area contributed by atoms with Crippen molar-refractivity contribution in [1.29, 1.82) is 0 Å². The van der Waals surface area contributed by atoms with Crippen LogP contribution in [0.5, 0.6) is 0 Å². The van der Waals surface area contributed by atoms with Gasteiger partial charge in [-0.2, -0.15) is 0 Å². The third-order valence-corrected chi connectivity index (χ3v) is 7.11. The lowest BCUT2D eigenvalue weighted by atomic mass is 10.2. The summed E-state index contributed by atoms with van der Waals surface area (Å²) in [5, 5.41) is 2.81. The maximum Gasteiger partial charge on any atom is 0.337 e. The zero-order chi connectivity index (χ0) is 22.8. The van der Waals surface area contributed by atoms with Gasteiger partial charge in [-0.05, 0) is 56.7 Å². The molecule has 0 radical (unpaired) electrons. The molecule has 0 saturated carbocycles. The summed E-state index contributed by atoms with van der Waals surface area (Å²) in [5.41, 5.74) is 2.81. The summed E-state index contributed by atoms with van der Waals surface area (Å²) >= 11 is 0.942. The minimum absolute atomic E-state index is 0.101. The second-order valence-corrected chi connectivity index (χ2v) is 9.48. The maximum atomic E-state index is 12.7. The molecule has 162 valence electrons. The van der Waals surface area contributed by atoms with Crippen molar-refractivity contribution >= 4 is 44.1 Å². The number of esters is 1. The molecule has 2 N–H and O–H groups in total. The van der Waals surface area contributed by atoms with Gasteiger partial charge < -0.3 is 10.1 Å². The fourth-order valence-corrected chi connectivity index (χ4v) is 5.24. The second kappa shape index (κ2) is 8.86. The molecule has 0 aliphatic rings. The first kappa shape index (κ1) is 22.4. The van der Waals surface area contributed by atoms with Crippen LogP contribution < -0.4 is 10.0 Å². The molecule has 1 aromatic heterocycles. The number of hydrogen-bond acceptors (Lipinski definition) is 7. The number of aromatic nitrogens is 1. The minimum atomic E-state index is -3.84. The number of methoxy groups -OCH3 is 1. The predicted molar refractivity (Wildman–Crippen MR) is 119 cm³/mol. The van der Waals surface area contributed by atoms with Gasteiger partial charge >= 0.3 is 5.97 Å². The van der Waals surface area contributed by atoms with Gasteiger partial charge in [0, 0.05) is 5.69 Å². The minimum Gasteiger partial charge on any atom is -0.465 e. The van der Waals surface area contributed by atoms with Crippen molar-refractivity contribution in [2.24, 2.45) is 0 Å². The van der Waals surface area contributed by atoms with Crippen molar-refractivity contribution in [2.75, 3.05) is 17.1 Å². The summed E-state index contributed by atoms with van der Waals surface area (Å²) < 4.78 is 32.6. The van der Waals surface area contributed by atoms with Gasteiger partial charge in [-0.1, -0.05) is 29.0 Å². The first-order chi connectivity index (χ1) is 14.6. The molecule has 0 unspecified atom stereocenters. The molecule has 3 aromatic rings. The molecule has 0 saturated heterocycles. The molecule has 0 fully saturated rings. The van der Waals surface area contributed by atoms with Crippen LogP contribution in [0.2, 0.25) is 0 Å². The SMILES string of the molecule is COC(=O)c1ccc(NC(=O)c2sc(NS(=O)(=O)c3ccc(C)cc3C)nc2C)cc1. The van der Waals surface area contributed by atoms with Gasteiger partial charge in [0.1, 0.15) is 4.88 Å². The van der Waals surface area contributed by atoms with Crippen LogP contribution in [0.25, 0.3) is 0 Å². The lowest BCUT2D eigenvalue weighted by molar-refractivity contribution is 0.0600. The standard InChI is InChI=1S/C21H21N3O5S2/c1-12-5-10-17(13(2)11-12)31(27,28)24-21-22-14(3)18(30-21)19(25)23-16-8-6-15(7-9-16)20(26)29-4/h5-11H,1-4H3,(H,22,24)(H,23,25). The Labute approximate surface area is 184 Å². The Balaban J connectivity index is 1.77. The third kappa shape index (κ3) is 5.09. The van der Waals surface area contributed by atoms with Crippen LogP contribution in [0.4, 0.5) is 10.8 Å². The van der Waals surface area contributed by atoms with Gasteiger partial charge in [0.25, 0.3) is 15.9 Å². The number of anilines is 2. The zero-order valence-corrected chi connectivity index (χ0v) is 19.0. The van der Waals surface area contributed by atoms with Crippen molar-refractivity contribution in [3.8, 4) is 0 Å². The highest BCUT2D eigenvalue weighted by molar-refractivity contribution is 7.93. The zero-order valence-electron chi connectivity index (χ0n) is 17.3. The topological polar surface area (TPSA) is 114 Å². The van der Waals surface area contributed by atoms with Crippen LogP contribution in [0, 0.1) is 20.8 Å². The van der Waals surface area contributed by atoms with E-state index in [4.69, 9.17) is 0 Å². The Bertz CT molecular complexity index is 1250. The second-order valence-electron chi connectivity index (χ2n) is 6.83. The van der Waals surface area contributed by atoms with Crippen LogP contribution in [0.1, 0.15) is 36.9 Å². The predicted octanol–water partition coefficient (Wildman–Crippen LogP) is 3.91. The molecule has 0 aliphatic heterocycles. The molecule has 2 aromatic carbocycles. The first-order valence-corrected chi connectivity index (χ1v) is 11.5. The van der Waals surface area contributed by atoms with Gasteiger partial charge in [0.05, 0.1) is 23.3 Å². The number of aryl methyl sites for hydroxylation is 3. The fourth-order valence-electron chi connectivity index (χ4n) is 2.92. The van der Waals surface area contributed by atoms with Crippen molar-refractivity contribution in [1.82, 2.24) is 4.98 Å². The number of thiazole rings is 1. The number of benzene rings is 2.